The molecular weight excluding hydrogens is 197 g/mol. The molecule has 4 heteroatoms. The molecule has 1 aliphatic heterocycles. The first-order valence-electron chi connectivity index (χ1n) is 5.08. The molecule has 0 saturated carbocycles. The van der Waals surface area contributed by atoms with E-state index in [0.717, 1.165) is 19.5 Å². The molecular formula is C11H14FNO2. The summed E-state index contributed by atoms with van der Waals surface area (Å²) in [7, 11) is 0. The number of hydrogen-bond donors (Lipinski definition) is 3. The largest absolute Gasteiger partial charge is 0.505 e. The molecule has 2 rings (SSSR count). The molecule has 15 heavy (non-hydrogen) atoms. The number of rotatable bonds is 2. The molecule has 0 amide bonds. The van der Waals surface area contributed by atoms with Crippen LogP contribution in [0.1, 0.15) is 12.0 Å². The Morgan fingerprint density at radius 1 is 1.40 bits per heavy atom. The maximum atomic E-state index is 13.1. The number of benzene rings is 1. The lowest BCUT2D eigenvalue weighted by molar-refractivity contribution is 0.382. The van der Waals surface area contributed by atoms with Crippen molar-refractivity contribution in [3.63, 3.8) is 0 Å². The van der Waals surface area contributed by atoms with E-state index in [9.17, 15) is 9.50 Å². The van der Waals surface area contributed by atoms with E-state index in [1.807, 2.05) is 0 Å². The van der Waals surface area contributed by atoms with Crippen LogP contribution in [0.15, 0.2) is 12.1 Å². The second-order valence-electron chi connectivity index (χ2n) is 3.97. The lowest BCUT2D eigenvalue weighted by Crippen LogP contribution is -2.10. The lowest BCUT2D eigenvalue weighted by atomic mass is 9.98. The van der Waals surface area contributed by atoms with Crippen LogP contribution in [0.3, 0.4) is 0 Å². The Labute approximate surface area is 87.6 Å². The summed E-state index contributed by atoms with van der Waals surface area (Å²) in [5, 5.41) is 21.7. The third-order valence-electron chi connectivity index (χ3n) is 2.85. The van der Waals surface area contributed by atoms with Gasteiger partial charge in [0.15, 0.2) is 11.5 Å². The van der Waals surface area contributed by atoms with Gasteiger partial charge in [0, 0.05) is 0 Å². The number of hydrogen-bond acceptors (Lipinski definition) is 3. The van der Waals surface area contributed by atoms with Crippen LogP contribution in [-0.2, 0) is 6.42 Å². The van der Waals surface area contributed by atoms with Gasteiger partial charge in [0.25, 0.3) is 0 Å². The summed E-state index contributed by atoms with van der Waals surface area (Å²) in [4.78, 5) is 0. The van der Waals surface area contributed by atoms with Crippen molar-refractivity contribution in [1.29, 1.82) is 0 Å². The summed E-state index contributed by atoms with van der Waals surface area (Å²) in [6, 6.07) is 2.86. The van der Waals surface area contributed by atoms with Gasteiger partial charge >= 0.3 is 0 Å². The average Bonchev–Trinajstić information content (AvgIpc) is 2.72. The molecule has 3 N–H and O–H groups in total. The zero-order chi connectivity index (χ0) is 10.8. The van der Waals surface area contributed by atoms with Crippen molar-refractivity contribution in [3.05, 3.63) is 23.5 Å². The molecule has 1 aromatic carbocycles. The van der Waals surface area contributed by atoms with Gasteiger partial charge in [-0.25, -0.2) is 0 Å². The molecule has 1 aromatic rings. The molecule has 1 saturated heterocycles. The van der Waals surface area contributed by atoms with E-state index < -0.39 is 17.3 Å². The summed E-state index contributed by atoms with van der Waals surface area (Å²) < 4.78 is 13.1. The van der Waals surface area contributed by atoms with E-state index in [1.165, 1.54) is 6.07 Å². The SMILES string of the molecule is Oc1ccc(CC2CCNC2)c(O)c1F. The molecule has 3 nitrogen and oxygen atoms in total. The zero-order valence-corrected chi connectivity index (χ0v) is 8.33. The predicted molar refractivity (Wildman–Crippen MR) is 54.4 cm³/mol. The predicted octanol–water partition coefficient (Wildman–Crippen LogP) is 1.39. The van der Waals surface area contributed by atoms with Gasteiger partial charge in [-0.15, -0.1) is 0 Å². The molecule has 0 bridgehead atoms. The van der Waals surface area contributed by atoms with Crippen molar-refractivity contribution in [1.82, 2.24) is 5.32 Å². The van der Waals surface area contributed by atoms with Gasteiger partial charge < -0.3 is 15.5 Å². The van der Waals surface area contributed by atoms with E-state index >= 15 is 0 Å². The van der Waals surface area contributed by atoms with Crippen molar-refractivity contribution in [3.8, 4) is 11.5 Å². The highest BCUT2D eigenvalue weighted by atomic mass is 19.1. The minimum Gasteiger partial charge on any atom is -0.505 e. The van der Waals surface area contributed by atoms with Crippen molar-refractivity contribution in [2.24, 2.45) is 5.92 Å². The minimum atomic E-state index is -0.918. The fourth-order valence-electron chi connectivity index (χ4n) is 1.96. The average molecular weight is 211 g/mol. The van der Waals surface area contributed by atoms with Gasteiger partial charge in [-0.1, -0.05) is 6.07 Å². The Hall–Kier alpha value is -1.29. The fraction of sp³-hybridized carbons (Fsp3) is 0.455. The smallest absolute Gasteiger partial charge is 0.206 e. The minimum absolute atomic E-state index is 0.415. The standard InChI is InChI=1S/C11H14FNO2/c12-10-9(14)2-1-8(11(10)15)5-7-3-4-13-6-7/h1-2,7,13-15H,3-6H2. The van der Waals surface area contributed by atoms with E-state index in [2.05, 4.69) is 5.32 Å². The first kappa shape index (κ1) is 10.2. The zero-order valence-electron chi connectivity index (χ0n) is 8.33. The van der Waals surface area contributed by atoms with Crippen LogP contribution in [0.4, 0.5) is 4.39 Å². The van der Waals surface area contributed by atoms with Crippen LogP contribution in [0, 0.1) is 11.7 Å². The fourth-order valence-corrected chi connectivity index (χ4v) is 1.96. The highest BCUT2D eigenvalue weighted by molar-refractivity contribution is 5.41. The summed E-state index contributed by atoms with van der Waals surface area (Å²) in [5.41, 5.74) is 0.569. The third kappa shape index (κ3) is 2.04. The highest BCUT2D eigenvalue weighted by Gasteiger charge is 2.19. The normalized spacial score (nSPS) is 20.7. The third-order valence-corrected chi connectivity index (χ3v) is 2.85. The number of phenols is 2. The quantitative estimate of drug-likeness (QED) is 0.693. The number of aromatic hydroxyl groups is 2. The van der Waals surface area contributed by atoms with E-state index in [0.29, 0.717) is 17.9 Å². The molecule has 1 heterocycles. The Morgan fingerprint density at radius 3 is 2.87 bits per heavy atom. The maximum Gasteiger partial charge on any atom is 0.206 e. The Balaban J connectivity index is 2.17. The van der Waals surface area contributed by atoms with Crippen molar-refractivity contribution >= 4 is 0 Å². The monoisotopic (exact) mass is 211 g/mol. The number of phenolic OH excluding ortho intramolecular Hbond substituents is 2. The molecule has 1 fully saturated rings. The van der Waals surface area contributed by atoms with Crippen LogP contribution in [0.25, 0.3) is 0 Å². The molecule has 0 aromatic heterocycles. The van der Waals surface area contributed by atoms with E-state index in [-0.39, 0.29) is 0 Å². The Morgan fingerprint density at radius 2 is 2.20 bits per heavy atom. The first-order valence-corrected chi connectivity index (χ1v) is 5.08. The van der Waals surface area contributed by atoms with Gasteiger partial charge in [0.05, 0.1) is 0 Å². The van der Waals surface area contributed by atoms with E-state index in [1.54, 1.807) is 6.07 Å². The molecule has 0 spiro atoms. The van der Waals surface area contributed by atoms with Crippen LogP contribution < -0.4 is 5.32 Å². The number of nitrogens with one attached hydrogen (secondary N) is 1. The van der Waals surface area contributed by atoms with Gasteiger partial charge in [-0.3, -0.25) is 0 Å². The number of halogens is 1. The van der Waals surface area contributed by atoms with Crippen molar-refractivity contribution in [2.45, 2.75) is 12.8 Å². The van der Waals surface area contributed by atoms with Crippen molar-refractivity contribution in [2.75, 3.05) is 13.1 Å². The summed E-state index contributed by atoms with van der Waals surface area (Å²) in [6.07, 6.45) is 1.69. The van der Waals surface area contributed by atoms with Crippen LogP contribution in [0.5, 0.6) is 11.5 Å². The summed E-state index contributed by atoms with van der Waals surface area (Å²) in [5.74, 6) is -1.39. The van der Waals surface area contributed by atoms with Crippen molar-refractivity contribution < 1.29 is 14.6 Å². The topological polar surface area (TPSA) is 52.5 Å². The lowest BCUT2D eigenvalue weighted by Gasteiger charge is -2.10. The van der Waals surface area contributed by atoms with Gasteiger partial charge in [-0.05, 0) is 43.5 Å². The molecule has 1 unspecified atom stereocenters. The molecule has 1 aliphatic rings. The van der Waals surface area contributed by atoms with Gasteiger partial charge in [-0.2, -0.15) is 4.39 Å². The molecule has 0 aliphatic carbocycles. The highest BCUT2D eigenvalue weighted by Crippen LogP contribution is 2.30. The van der Waals surface area contributed by atoms with Gasteiger partial charge in [0.1, 0.15) is 0 Å². The summed E-state index contributed by atoms with van der Waals surface area (Å²) >= 11 is 0. The first-order chi connectivity index (χ1) is 7.18. The van der Waals surface area contributed by atoms with E-state index in [4.69, 9.17) is 5.11 Å². The van der Waals surface area contributed by atoms with Gasteiger partial charge in [0.2, 0.25) is 5.82 Å². The Bertz CT molecular complexity index is 362. The van der Waals surface area contributed by atoms with Crippen LogP contribution in [0.2, 0.25) is 0 Å². The second kappa shape index (κ2) is 4.06. The van der Waals surface area contributed by atoms with Crippen LogP contribution in [-0.4, -0.2) is 23.3 Å². The van der Waals surface area contributed by atoms with Crippen LogP contribution >= 0.6 is 0 Å². The summed E-state index contributed by atoms with van der Waals surface area (Å²) in [6.45, 7) is 1.88. The maximum absolute atomic E-state index is 13.1. The molecule has 0 radical (unpaired) electrons. The Kier molecular flexibility index (Phi) is 2.77. The second-order valence-corrected chi connectivity index (χ2v) is 3.97. The molecule has 82 valence electrons. The molecule has 1 atom stereocenters.